The summed E-state index contributed by atoms with van der Waals surface area (Å²) in [5.74, 6) is 0.658. The zero-order chi connectivity index (χ0) is 22.5. The highest BCUT2D eigenvalue weighted by atomic mass is 16.5. The molecule has 1 aliphatic rings. The van der Waals surface area contributed by atoms with Gasteiger partial charge in [-0.3, -0.25) is 9.48 Å². The maximum absolute atomic E-state index is 13.4. The van der Waals surface area contributed by atoms with Crippen LogP contribution in [0, 0.1) is 19.8 Å². The van der Waals surface area contributed by atoms with Crippen LogP contribution in [0.3, 0.4) is 0 Å². The quantitative estimate of drug-likeness (QED) is 0.609. The summed E-state index contributed by atoms with van der Waals surface area (Å²) in [4.78, 5) is 17.5. The number of aryl methyl sites for hydroxylation is 1. The third-order valence-corrected chi connectivity index (χ3v) is 6.02. The van der Waals surface area contributed by atoms with Crippen LogP contribution in [-0.4, -0.2) is 53.9 Å². The lowest BCUT2D eigenvalue weighted by Gasteiger charge is -2.26. The molecule has 0 bridgehead atoms. The average molecular weight is 427 g/mol. The maximum atomic E-state index is 13.4. The molecule has 3 rings (SSSR count). The summed E-state index contributed by atoms with van der Waals surface area (Å²) in [5.41, 5.74) is 5.42. The molecule has 1 aliphatic heterocycles. The molecule has 1 atom stereocenters. The molecule has 0 radical (unpaired) electrons. The second kappa shape index (κ2) is 10.3. The van der Waals surface area contributed by atoms with E-state index in [2.05, 4.69) is 49.9 Å². The van der Waals surface area contributed by atoms with Crippen LogP contribution < -0.4 is 4.90 Å². The van der Waals surface area contributed by atoms with E-state index < -0.39 is 0 Å². The van der Waals surface area contributed by atoms with Crippen molar-refractivity contribution in [2.24, 2.45) is 5.92 Å². The summed E-state index contributed by atoms with van der Waals surface area (Å²) in [7, 11) is 4.07. The monoisotopic (exact) mass is 426 g/mol. The van der Waals surface area contributed by atoms with E-state index in [1.165, 1.54) is 0 Å². The molecule has 0 saturated carbocycles. The van der Waals surface area contributed by atoms with Crippen LogP contribution in [0.4, 0.5) is 5.69 Å². The summed E-state index contributed by atoms with van der Waals surface area (Å²) in [6.07, 6.45) is 2.62. The number of aromatic nitrogens is 2. The molecule has 1 aromatic carbocycles. The Kier molecular flexibility index (Phi) is 7.76. The van der Waals surface area contributed by atoms with Crippen molar-refractivity contribution in [2.45, 2.75) is 66.2 Å². The highest BCUT2D eigenvalue weighted by molar-refractivity contribution is 5.79. The Bertz CT molecular complexity index is 864. The number of hydrogen-bond acceptors (Lipinski definition) is 4. The van der Waals surface area contributed by atoms with Gasteiger partial charge >= 0.3 is 0 Å². The molecule has 1 unspecified atom stereocenters. The molecule has 1 saturated heterocycles. The second-order valence-electron chi connectivity index (χ2n) is 9.37. The Balaban J connectivity index is 1.77. The number of carbonyl (C=O) groups excluding carboxylic acids is 1. The van der Waals surface area contributed by atoms with Gasteiger partial charge in [-0.15, -0.1) is 0 Å². The van der Waals surface area contributed by atoms with Crippen molar-refractivity contribution in [3.05, 3.63) is 46.8 Å². The van der Waals surface area contributed by atoms with Crippen LogP contribution in [0.15, 0.2) is 24.3 Å². The predicted molar refractivity (Wildman–Crippen MR) is 125 cm³/mol. The van der Waals surface area contributed by atoms with E-state index in [1.807, 2.05) is 30.6 Å². The van der Waals surface area contributed by atoms with Crippen molar-refractivity contribution < 1.29 is 9.53 Å². The smallest absolute Gasteiger partial charge is 0.227 e. The maximum Gasteiger partial charge on any atom is 0.227 e. The number of nitrogens with zero attached hydrogens (tertiary/aromatic N) is 4. The Morgan fingerprint density at radius 3 is 2.52 bits per heavy atom. The van der Waals surface area contributed by atoms with Crippen molar-refractivity contribution in [1.82, 2.24) is 14.7 Å². The summed E-state index contributed by atoms with van der Waals surface area (Å²) < 4.78 is 7.90. The second-order valence-corrected chi connectivity index (χ2v) is 9.37. The molecule has 1 amide bonds. The Hall–Kier alpha value is -2.34. The van der Waals surface area contributed by atoms with Gasteiger partial charge in [-0.1, -0.05) is 26.0 Å². The van der Waals surface area contributed by atoms with Crippen molar-refractivity contribution in [3.63, 3.8) is 0 Å². The van der Waals surface area contributed by atoms with Gasteiger partial charge < -0.3 is 14.5 Å². The molecule has 0 spiro atoms. The van der Waals surface area contributed by atoms with Gasteiger partial charge in [0.25, 0.3) is 0 Å². The first-order chi connectivity index (χ1) is 14.7. The summed E-state index contributed by atoms with van der Waals surface area (Å²) >= 11 is 0. The molecule has 31 heavy (non-hydrogen) atoms. The van der Waals surface area contributed by atoms with Crippen molar-refractivity contribution in [1.29, 1.82) is 0 Å². The van der Waals surface area contributed by atoms with Crippen molar-refractivity contribution >= 4 is 11.6 Å². The van der Waals surface area contributed by atoms with Crippen molar-refractivity contribution in [2.75, 3.05) is 32.1 Å². The van der Waals surface area contributed by atoms with E-state index >= 15 is 0 Å². The van der Waals surface area contributed by atoms with E-state index in [9.17, 15) is 4.79 Å². The fourth-order valence-corrected chi connectivity index (χ4v) is 4.19. The third-order valence-electron chi connectivity index (χ3n) is 6.02. The normalized spacial score (nSPS) is 16.2. The number of rotatable bonds is 9. The summed E-state index contributed by atoms with van der Waals surface area (Å²) in [6, 6.07) is 8.44. The average Bonchev–Trinajstić information content (AvgIpc) is 3.31. The molecular formula is C25H38N4O2. The lowest BCUT2D eigenvalue weighted by molar-refractivity contribution is -0.132. The number of benzene rings is 1. The van der Waals surface area contributed by atoms with E-state index in [1.54, 1.807) is 0 Å². The van der Waals surface area contributed by atoms with Gasteiger partial charge in [0.1, 0.15) is 0 Å². The van der Waals surface area contributed by atoms with E-state index in [4.69, 9.17) is 9.84 Å². The lowest BCUT2D eigenvalue weighted by Crippen LogP contribution is -2.38. The molecule has 2 heterocycles. The summed E-state index contributed by atoms with van der Waals surface area (Å²) in [6.45, 7) is 11.4. The highest BCUT2D eigenvalue weighted by Crippen LogP contribution is 2.20. The van der Waals surface area contributed by atoms with Gasteiger partial charge in [-0.25, -0.2) is 0 Å². The van der Waals surface area contributed by atoms with E-state index in [0.717, 1.165) is 54.2 Å². The molecule has 6 heteroatoms. The topological polar surface area (TPSA) is 50.6 Å². The minimum absolute atomic E-state index is 0.135. The first kappa shape index (κ1) is 23.3. The molecule has 0 N–H and O–H groups in total. The largest absolute Gasteiger partial charge is 0.378 e. The third kappa shape index (κ3) is 6.10. The molecule has 1 fully saturated rings. The predicted octanol–water partition coefficient (Wildman–Crippen LogP) is 3.97. The number of anilines is 1. The van der Waals surface area contributed by atoms with Gasteiger partial charge in [0.05, 0.1) is 18.2 Å². The fourth-order valence-electron chi connectivity index (χ4n) is 4.19. The standard InChI is InChI=1S/C25H38N4O2/c1-18(2)15-29-20(4)24(19(3)26-29)14-25(30)28(17-23-8-7-13-31-23)16-21-9-11-22(12-10-21)27(5)6/h9-12,18,23H,7-8,13-17H2,1-6H3. The minimum Gasteiger partial charge on any atom is -0.378 e. The molecular weight excluding hydrogens is 388 g/mol. The molecule has 1 aromatic heterocycles. The van der Waals surface area contributed by atoms with E-state index in [0.29, 0.717) is 25.4 Å². The van der Waals surface area contributed by atoms with Crippen LogP contribution in [0.2, 0.25) is 0 Å². The van der Waals surface area contributed by atoms with Crippen LogP contribution in [0.5, 0.6) is 0 Å². The SMILES string of the molecule is Cc1nn(CC(C)C)c(C)c1CC(=O)N(Cc1ccc(N(C)C)cc1)CC1CCCO1. The van der Waals surface area contributed by atoms with Crippen molar-refractivity contribution in [3.8, 4) is 0 Å². The fraction of sp³-hybridized carbons (Fsp3) is 0.600. The number of hydrogen-bond donors (Lipinski definition) is 0. The van der Waals surface area contributed by atoms with Gasteiger partial charge in [0.15, 0.2) is 0 Å². The van der Waals surface area contributed by atoms with Gasteiger partial charge in [-0.2, -0.15) is 5.10 Å². The number of ether oxygens (including phenoxy) is 1. The molecule has 170 valence electrons. The highest BCUT2D eigenvalue weighted by Gasteiger charge is 2.25. The molecule has 2 aromatic rings. The number of amides is 1. The Morgan fingerprint density at radius 2 is 1.94 bits per heavy atom. The van der Waals surface area contributed by atoms with Crippen LogP contribution in [-0.2, 0) is 29.0 Å². The van der Waals surface area contributed by atoms with Crippen LogP contribution >= 0.6 is 0 Å². The zero-order valence-corrected chi connectivity index (χ0v) is 20.0. The molecule has 6 nitrogen and oxygen atoms in total. The molecule has 0 aliphatic carbocycles. The first-order valence-corrected chi connectivity index (χ1v) is 11.4. The van der Waals surface area contributed by atoms with Crippen LogP contribution in [0.25, 0.3) is 0 Å². The van der Waals surface area contributed by atoms with Crippen LogP contribution in [0.1, 0.15) is 49.2 Å². The lowest BCUT2D eigenvalue weighted by atomic mass is 10.1. The zero-order valence-electron chi connectivity index (χ0n) is 20.0. The first-order valence-electron chi connectivity index (χ1n) is 11.4. The van der Waals surface area contributed by atoms with Gasteiger partial charge in [-0.05, 0) is 50.3 Å². The van der Waals surface area contributed by atoms with Gasteiger partial charge in [0.2, 0.25) is 5.91 Å². The Labute approximate surface area is 187 Å². The minimum atomic E-state index is 0.135. The van der Waals surface area contributed by atoms with E-state index in [-0.39, 0.29) is 12.0 Å². The number of carbonyl (C=O) groups is 1. The van der Waals surface area contributed by atoms with Gasteiger partial charge in [0, 0.05) is 57.3 Å². The Morgan fingerprint density at radius 1 is 1.23 bits per heavy atom. The summed E-state index contributed by atoms with van der Waals surface area (Å²) in [5, 5.41) is 4.69.